The molecule has 1 amide bonds. The Morgan fingerprint density at radius 1 is 1.32 bits per heavy atom. The van der Waals surface area contributed by atoms with E-state index in [1.54, 1.807) is 7.11 Å². The molecule has 0 bridgehead atoms. The van der Waals surface area contributed by atoms with Gasteiger partial charge in [-0.05, 0) is 30.5 Å². The van der Waals surface area contributed by atoms with Crippen molar-refractivity contribution in [1.29, 1.82) is 0 Å². The van der Waals surface area contributed by atoms with Crippen molar-refractivity contribution in [1.82, 2.24) is 9.88 Å². The summed E-state index contributed by atoms with van der Waals surface area (Å²) in [4.78, 5) is 19.3. The average molecular weight is 382 g/mol. The zero-order valence-corrected chi connectivity index (χ0v) is 15.9. The Morgan fingerprint density at radius 3 is 2.72 bits per heavy atom. The van der Waals surface area contributed by atoms with Crippen molar-refractivity contribution in [2.45, 2.75) is 38.3 Å². The Morgan fingerprint density at radius 2 is 2.08 bits per heavy atom. The molecule has 1 aromatic heterocycles. The summed E-state index contributed by atoms with van der Waals surface area (Å²) in [7, 11) is 1.66. The third-order valence-corrected chi connectivity index (χ3v) is 5.33. The highest BCUT2D eigenvalue weighted by Gasteiger charge is 2.28. The first-order valence-corrected chi connectivity index (χ1v) is 9.20. The first kappa shape index (κ1) is 19.7. The Hall–Kier alpha value is -1.63. The van der Waals surface area contributed by atoms with Crippen molar-refractivity contribution < 1.29 is 9.53 Å². The fraction of sp³-hybridized carbons (Fsp3) is 0.444. The molecule has 1 fully saturated rings. The SMILES string of the molecule is COc1ccc(C2CCCCCN2C(=O)c2csc(CN)n2)cc1.Cl. The smallest absolute Gasteiger partial charge is 0.273 e. The van der Waals surface area contributed by atoms with Crippen LogP contribution in [0.1, 0.15) is 52.8 Å². The van der Waals surface area contributed by atoms with Gasteiger partial charge < -0.3 is 15.4 Å². The predicted molar refractivity (Wildman–Crippen MR) is 102 cm³/mol. The molecule has 0 aliphatic carbocycles. The van der Waals surface area contributed by atoms with Crippen molar-refractivity contribution in [2.24, 2.45) is 5.73 Å². The standard InChI is InChI=1S/C18H23N3O2S.ClH/c1-23-14-8-6-13(7-9-14)16-5-3-2-4-10-21(16)18(22)15-12-24-17(11-19)20-15;/h6-9,12,16H,2-5,10-11,19H2,1H3;1H. The normalized spacial score (nSPS) is 17.5. The van der Waals surface area contributed by atoms with Gasteiger partial charge in [-0.2, -0.15) is 0 Å². The van der Waals surface area contributed by atoms with Crippen LogP contribution in [0.25, 0.3) is 0 Å². The van der Waals surface area contributed by atoms with Crippen molar-refractivity contribution in [3.63, 3.8) is 0 Å². The van der Waals surface area contributed by atoms with E-state index in [1.165, 1.54) is 11.3 Å². The number of nitrogens with zero attached hydrogens (tertiary/aromatic N) is 2. The zero-order chi connectivity index (χ0) is 16.9. The van der Waals surface area contributed by atoms with Crippen LogP contribution in [-0.4, -0.2) is 29.4 Å². The lowest BCUT2D eigenvalue weighted by molar-refractivity contribution is 0.0675. The van der Waals surface area contributed by atoms with Gasteiger partial charge in [-0.25, -0.2) is 4.98 Å². The number of hydrogen-bond acceptors (Lipinski definition) is 5. The van der Waals surface area contributed by atoms with Crippen LogP contribution in [0.15, 0.2) is 29.6 Å². The van der Waals surface area contributed by atoms with Gasteiger partial charge in [0, 0.05) is 18.5 Å². The molecule has 25 heavy (non-hydrogen) atoms. The summed E-state index contributed by atoms with van der Waals surface area (Å²) >= 11 is 1.45. The molecule has 1 aliphatic rings. The summed E-state index contributed by atoms with van der Waals surface area (Å²) in [5, 5.41) is 2.62. The van der Waals surface area contributed by atoms with Gasteiger partial charge in [0.25, 0.3) is 5.91 Å². The van der Waals surface area contributed by atoms with Crippen LogP contribution < -0.4 is 10.5 Å². The monoisotopic (exact) mass is 381 g/mol. The number of thiazole rings is 1. The number of amides is 1. The molecular weight excluding hydrogens is 358 g/mol. The lowest BCUT2D eigenvalue weighted by atomic mass is 10.0. The number of ether oxygens (including phenoxy) is 1. The minimum Gasteiger partial charge on any atom is -0.497 e. The second-order valence-electron chi connectivity index (χ2n) is 5.97. The molecule has 1 saturated heterocycles. The van der Waals surface area contributed by atoms with Crippen LogP contribution in [0.5, 0.6) is 5.75 Å². The molecule has 3 rings (SSSR count). The van der Waals surface area contributed by atoms with Crippen LogP contribution in [0.4, 0.5) is 0 Å². The van der Waals surface area contributed by atoms with Crippen LogP contribution in [0.3, 0.4) is 0 Å². The minimum absolute atomic E-state index is 0. The Labute approximate surface area is 158 Å². The molecule has 7 heteroatoms. The molecule has 2 aromatic rings. The van der Waals surface area contributed by atoms with Gasteiger partial charge in [0.1, 0.15) is 16.5 Å². The first-order chi connectivity index (χ1) is 11.7. The molecule has 2 heterocycles. The summed E-state index contributed by atoms with van der Waals surface area (Å²) < 4.78 is 5.24. The second-order valence-corrected chi connectivity index (χ2v) is 6.91. The number of hydrogen-bond donors (Lipinski definition) is 1. The molecule has 0 saturated carbocycles. The molecule has 1 aromatic carbocycles. The van der Waals surface area contributed by atoms with Gasteiger partial charge in [0.05, 0.1) is 13.2 Å². The van der Waals surface area contributed by atoms with Crippen molar-refractivity contribution in [3.8, 4) is 5.75 Å². The van der Waals surface area contributed by atoms with Gasteiger partial charge >= 0.3 is 0 Å². The van der Waals surface area contributed by atoms with Crippen molar-refractivity contribution in [2.75, 3.05) is 13.7 Å². The third kappa shape index (κ3) is 4.51. The fourth-order valence-corrected chi connectivity index (χ4v) is 3.82. The lowest BCUT2D eigenvalue weighted by Gasteiger charge is -2.30. The number of aromatic nitrogens is 1. The molecule has 1 aliphatic heterocycles. The van der Waals surface area contributed by atoms with E-state index >= 15 is 0 Å². The molecule has 0 spiro atoms. The van der Waals surface area contributed by atoms with Crippen LogP contribution in [0, 0.1) is 0 Å². The fourth-order valence-electron chi connectivity index (χ4n) is 3.17. The topological polar surface area (TPSA) is 68.5 Å². The highest BCUT2D eigenvalue weighted by Crippen LogP contribution is 2.32. The van der Waals surface area contributed by atoms with E-state index in [2.05, 4.69) is 17.1 Å². The number of carbonyl (C=O) groups excluding carboxylic acids is 1. The van der Waals surface area contributed by atoms with Gasteiger partial charge in [0.15, 0.2) is 0 Å². The Balaban J connectivity index is 0.00000225. The highest BCUT2D eigenvalue weighted by atomic mass is 35.5. The Kier molecular flexibility index (Phi) is 7.23. The quantitative estimate of drug-likeness (QED) is 0.874. The first-order valence-electron chi connectivity index (χ1n) is 8.32. The number of nitrogens with two attached hydrogens (primary N) is 1. The predicted octanol–water partition coefficient (Wildman–Crippen LogP) is 3.79. The molecular formula is C18H24ClN3O2S. The zero-order valence-electron chi connectivity index (χ0n) is 14.3. The summed E-state index contributed by atoms with van der Waals surface area (Å²) in [5.74, 6) is 0.839. The second kappa shape index (κ2) is 9.17. The van der Waals surface area contributed by atoms with Gasteiger partial charge in [-0.15, -0.1) is 23.7 Å². The van der Waals surface area contributed by atoms with Crippen LogP contribution >= 0.6 is 23.7 Å². The van der Waals surface area contributed by atoms with Gasteiger partial charge in [-0.1, -0.05) is 25.0 Å². The number of rotatable bonds is 4. The van der Waals surface area contributed by atoms with E-state index in [0.29, 0.717) is 12.2 Å². The average Bonchev–Trinajstić information content (AvgIpc) is 2.98. The molecule has 5 nitrogen and oxygen atoms in total. The number of halogens is 1. The van der Waals surface area contributed by atoms with E-state index in [1.807, 2.05) is 22.4 Å². The van der Waals surface area contributed by atoms with E-state index in [4.69, 9.17) is 10.5 Å². The maximum Gasteiger partial charge on any atom is 0.273 e. The Bertz CT molecular complexity index is 690. The summed E-state index contributed by atoms with van der Waals surface area (Å²) in [6, 6.07) is 8.12. The van der Waals surface area contributed by atoms with E-state index in [9.17, 15) is 4.79 Å². The molecule has 0 radical (unpaired) electrons. The van der Waals surface area contributed by atoms with Gasteiger partial charge in [-0.3, -0.25) is 4.79 Å². The van der Waals surface area contributed by atoms with Crippen LogP contribution in [-0.2, 0) is 6.54 Å². The maximum atomic E-state index is 13.0. The minimum atomic E-state index is 0. The lowest BCUT2D eigenvalue weighted by Crippen LogP contribution is -2.35. The molecule has 136 valence electrons. The summed E-state index contributed by atoms with van der Waals surface area (Å²) in [6.07, 6.45) is 4.30. The largest absolute Gasteiger partial charge is 0.497 e. The van der Waals surface area contributed by atoms with Crippen molar-refractivity contribution in [3.05, 3.63) is 45.9 Å². The molecule has 2 N–H and O–H groups in total. The number of methoxy groups -OCH3 is 1. The van der Waals surface area contributed by atoms with Crippen LogP contribution in [0.2, 0.25) is 0 Å². The van der Waals surface area contributed by atoms with E-state index < -0.39 is 0 Å². The number of likely N-dealkylation sites (tertiary alicyclic amines) is 1. The molecule has 1 unspecified atom stereocenters. The number of carbonyl (C=O) groups is 1. The van der Waals surface area contributed by atoms with Gasteiger partial charge in [0.2, 0.25) is 0 Å². The molecule has 1 atom stereocenters. The highest BCUT2D eigenvalue weighted by molar-refractivity contribution is 7.09. The summed E-state index contributed by atoms with van der Waals surface area (Å²) in [5.41, 5.74) is 7.29. The van der Waals surface area contributed by atoms with E-state index in [-0.39, 0.29) is 24.4 Å². The third-order valence-electron chi connectivity index (χ3n) is 4.46. The number of benzene rings is 1. The maximum absolute atomic E-state index is 13.0. The summed E-state index contributed by atoms with van der Waals surface area (Å²) in [6.45, 7) is 1.14. The van der Waals surface area contributed by atoms with E-state index in [0.717, 1.165) is 48.5 Å². The van der Waals surface area contributed by atoms with Crippen molar-refractivity contribution >= 4 is 29.7 Å².